The number of nitrogens with zero attached hydrogens (tertiary/aromatic N) is 4. The molecule has 0 radical (unpaired) electrons. The van der Waals surface area contributed by atoms with Crippen molar-refractivity contribution in [3.63, 3.8) is 0 Å². The first kappa shape index (κ1) is 14.8. The second-order valence-electron chi connectivity index (χ2n) is 6.05. The van der Waals surface area contributed by atoms with Gasteiger partial charge in [-0.25, -0.2) is 4.98 Å². The molecule has 2 atom stereocenters. The summed E-state index contributed by atoms with van der Waals surface area (Å²) in [5, 5.41) is 15.7. The van der Waals surface area contributed by atoms with E-state index in [9.17, 15) is 5.11 Å². The van der Waals surface area contributed by atoms with Crippen LogP contribution in [0.25, 0.3) is 10.2 Å². The van der Waals surface area contributed by atoms with E-state index >= 15 is 0 Å². The third kappa shape index (κ3) is 3.15. The normalized spacial score (nSPS) is 20.3. The Bertz CT molecular complexity index is 737. The molecule has 0 bridgehead atoms. The summed E-state index contributed by atoms with van der Waals surface area (Å²) in [6, 6.07) is 10.5. The van der Waals surface area contributed by atoms with E-state index in [1.165, 1.54) is 9.71 Å². The molecule has 0 saturated carbocycles. The van der Waals surface area contributed by atoms with E-state index in [1.807, 2.05) is 18.3 Å². The van der Waals surface area contributed by atoms with Gasteiger partial charge in [-0.05, 0) is 37.6 Å². The van der Waals surface area contributed by atoms with Crippen LogP contribution in [0, 0.1) is 0 Å². The Kier molecular flexibility index (Phi) is 4.11. The summed E-state index contributed by atoms with van der Waals surface area (Å²) >= 11 is 1.78. The van der Waals surface area contributed by atoms with Crippen molar-refractivity contribution < 1.29 is 5.11 Å². The van der Waals surface area contributed by atoms with Gasteiger partial charge in [-0.15, -0.1) is 11.3 Å². The van der Waals surface area contributed by atoms with Crippen LogP contribution < -0.4 is 0 Å². The molecule has 5 nitrogen and oxygen atoms in total. The number of rotatable bonds is 5. The van der Waals surface area contributed by atoms with Crippen LogP contribution in [-0.4, -0.2) is 44.0 Å². The first-order valence-electron chi connectivity index (χ1n) is 8.04. The number of hydrogen-bond acceptors (Lipinski definition) is 5. The fraction of sp³-hybridized carbons (Fsp3) is 0.412. The lowest BCUT2D eigenvalue weighted by Gasteiger charge is -2.25. The summed E-state index contributed by atoms with van der Waals surface area (Å²) in [7, 11) is 0. The number of likely N-dealkylation sites (tertiary alicyclic amines) is 1. The maximum absolute atomic E-state index is 10.4. The highest BCUT2D eigenvalue weighted by molar-refractivity contribution is 7.18. The maximum atomic E-state index is 10.4. The summed E-state index contributed by atoms with van der Waals surface area (Å²) in [5.74, 6) is 0. The van der Waals surface area contributed by atoms with Crippen LogP contribution in [0.2, 0.25) is 0 Å². The van der Waals surface area contributed by atoms with Crippen molar-refractivity contribution in [1.82, 2.24) is 19.7 Å². The summed E-state index contributed by atoms with van der Waals surface area (Å²) < 4.78 is 3.03. The van der Waals surface area contributed by atoms with Gasteiger partial charge in [0.25, 0.3) is 0 Å². The molecule has 3 heterocycles. The molecule has 0 spiro atoms. The van der Waals surface area contributed by atoms with E-state index in [0.29, 0.717) is 19.1 Å². The van der Waals surface area contributed by atoms with Crippen molar-refractivity contribution in [2.45, 2.75) is 31.5 Å². The van der Waals surface area contributed by atoms with Crippen molar-refractivity contribution in [2.75, 3.05) is 13.1 Å². The lowest BCUT2D eigenvalue weighted by molar-refractivity contribution is 0.0890. The topological polar surface area (TPSA) is 54.2 Å². The number of thiazole rings is 1. The third-order valence-corrected chi connectivity index (χ3v) is 5.50. The molecule has 1 aliphatic heterocycles. The molecule has 1 aliphatic rings. The van der Waals surface area contributed by atoms with E-state index in [0.717, 1.165) is 24.9 Å². The van der Waals surface area contributed by atoms with E-state index in [1.54, 1.807) is 22.2 Å². The van der Waals surface area contributed by atoms with Crippen LogP contribution in [0.3, 0.4) is 0 Å². The largest absolute Gasteiger partial charge is 0.390 e. The quantitative estimate of drug-likeness (QED) is 0.782. The van der Waals surface area contributed by atoms with Crippen molar-refractivity contribution in [2.24, 2.45) is 0 Å². The molecule has 6 heteroatoms. The zero-order valence-corrected chi connectivity index (χ0v) is 13.7. The van der Waals surface area contributed by atoms with Gasteiger partial charge in [0, 0.05) is 18.9 Å². The van der Waals surface area contributed by atoms with E-state index in [2.05, 4.69) is 28.2 Å². The molecule has 1 aromatic carbocycles. The van der Waals surface area contributed by atoms with Crippen LogP contribution in [-0.2, 0) is 6.54 Å². The minimum Gasteiger partial charge on any atom is -0.390 e. The van der Waals surface area contributed by atoms with Gasteiger partial charge in [-0.2, -0.15) is 5.10 Å². The van der Waals surface area contributed by atoms with Crippen LogP contribution in [0.5, 0.6) is 0 Å². The van der Waals surface area contributed by atoms with Gasteiger partial charge >= 0.3 is 0 Å². The summed E-state index contributed by atoms with van der Waals surface area (Å²) in [6.07, 6.45) is 5.50. The molecule has 120 valence electrons. The smallest absolute Gasteiger partial charge is 0.111 e. The Morgan fingerprint density at radius 2 is 2.17 bits per heavy atom. The molecular weight excluding hydrogens is 308 g/mol. The lowest BCUT2D eigenvalue weighted by Crippen LogP contribution is -2.34. The fourth-order valence-electron chi connectivity index (χ4n) is 3.31. The monoisotopic (exact) mass is 328 g/mol. The molecule has 3 aromatic rings. The highest BCUT2D eigenvalue weighted by Gasteiger charge is 2.30. The zero-order chi connectivity index (χ0) is 15.6. The van der Waals surface area contributed by atoms with Crippen LogP contribution in [0.1, 0.15) is 23.9 Å². The second-order valence-corrected chi connectivity index (χ2v) is 7.12. The van der Waals surface area contributed by atoms with Gasteiger partial charge in [-0.1, -0.05) is 12.1 Å². The van der Waals surface area contributed by atoms with Gasteiger partial charge in [-0.3, -0.25) is 9.58 Å². The van der Waals surface area contributed by atoms with Crippen LogP contribution in [0.4, 0.5) is 0 Å². The second kappa shape index (κ2) is 6.39. The highest BCUT2D eigenvalue weighted by atomic mass is 32.1. The molecule has 1 N–H and O–H groups in total. The average Bonchev–Trinajstić information content (AvgIpc) is 3.26. The molecule has 0 aliphatic carbocycles. The minimum absolute atomic E-state index is 0.333. The summed E-state index contributed by atoms with van der Waals surface area (Å²) in [6.45, 7) is 2.23. The van der Waals surface area contributed by atoms with Gasteiger partial charge in [0.2, 0.25) is 0 Å². The predicted octanol–water partition coefficient (Wildman–Crippen LogP) is 2.69. The van der Waals surface area contributed by atoms with Crippen molar-refractivity contribution >= 4 is 21.6 Å². The van der Waals surface area contributed by atoms with Gasteiger partial charge in [0.1, 0.15) is 5.01 Å². The molecule has 2 unspecified atom stereocenters. The molecule has 4 rings (SSSR count). The first-order valence-corrected chi connectivity index (χ1v) is 8.86. The standard InChI is InChI=1S/C17H20N4OS/c22-13(12-21-10-4-8-18-21)11-20-9-3-6-15(20)17-19-14-5-1-2-7-16(14)23-17/h1-2,4-5,7-8,10,13,15,22H,3,6,9,11-12H2. The van der Waals surface area contributed by atoms with Gasteiger partial charge < -0.3 is 5.11 Å². The average molecular weight is 328 g/mol. The van der Waals surface area contributed by atoms with Crippen molar-refractivity contribution in [1.29, 1.82) is 0 Å². The zero-order valence-electron chi connectivity index (χ0n) is 12.9. The summed E-state index contributed by atoms with van der Waals surface area (Å²) in [4.78, 5) is 7.17. The Labute approximate surface area is 139 Å². The molecular formula is C17H20N4OS. The Balaban J connectivity index is 1.47. The van der Waals surface area contributed by atoms with Crippen molar-refractivity contribution in [3.05, 3.63) is 47.7 Å². The fourth-order valence-corrected chi connectivity index (χ4v) is 4.45. The number of aromatic nitrogens is 3. The SMILES string of the molecule is OC(CN1CCCC1c1nc2ccccc2s1)Cn1cccn1. The van der Waals surface area contributed by atoms with E-state index in [-0.39, 0.29) is 0 Å². The molecule has 1 saturated heterocycles. The molecule has 0 amide bonds. The maximum Gasteiger partial charge on any atom is 0.111 e. The number of hydrogen-bond donors (Lipinski definition) is 1. The van der Waals surface area contributed by atoms with Crippen LogP contribution >= 0.6 is 11.3 Å². The predicted molar refractivity (Wildman–Crippen MR) is 91.4 cm³/mol. The number of β-amino-alcohol motifs (C(OH)–C–C–N with tert-alkyl or cyclic N) is 1. The van der Waals surface area contributed by atoms with Crippen LogP contribution in [0.15, 0.2) is 42.7 Å². The lowest BCUT2D eigenvalue weighted by atomic mass is 10.2. The Morgan fingerprint density at radius 3 is 3.00 bits per heavy atom. The highest BCUT2D eigenvalue weighted by Crippen LogP contribution is 2.36. The number of fused-ring (bicyclic) bond motifs is 1. The number of aliphatic hydroxyl groups excluding tert-OH is 1. The van der Waals surface area contributed by atoms with Gasteiger partial charge in [0.05, 0.1) is 28.9 Å². The summed E-state index contributed by atoms with van der Waals surface area (Å²) in [5.41, 5.74) is 1.08. The van der Waals surface area contributed by atoms with Gasteiger partial charge in [0.15, 0.2) is 0 Å². The van der Waals surface area contributed by atoms with E-state index in [4.69, 9.17) is 4.98 Å². The molecule has 23 heavy (non-hydrogen) atoms. The minimum atomic E-state index is -0.412. The Hall–Kier alpha value is -1.76. The molecule has 1 fully saturated rings. The number of aliphatic hydroxyl groups is 1. The number of benzene rings is 1. The third-order valence-electron chi connectivity index (χ3n) is 4.36. The first-order chi connectivity index (χ1) is 11.3. The van der Waals surface area contributed by atoms with E-state index < -0.39 is 6.10 Å². The Morgan fingerprint density at radius 1 is 1.26 bits per heavy atom. The molecule has 2 aromatic heterocycles. The number of para-hydroxylation sites is 1. The van der Waals surface area contributed by atoms with Crippen molar-refractivity contribution in [3.8, 4) is 0 Å².